The SMILES string of the molecule is COCCN1CCN(C2CCN(c3nc4c(N5C[C@H]6C[C@@H]5CO6)nc(-n5ncc6c(C)nc(-c7cnccc7OC)cc65)cc4n3C)CC2)CC1. The van der Waals surface area contributed by atoms with E-state index in [1.54, 1.807) is 26.6 Å². The standard InChI is InChI=1S/C37H47N11O3/c1-24-28-21-39-48(31(28)18-30(40-24)29-20-38-8-5-33(29)50-4)34-19-32-35(36(41-34)47-22-27-17-26(47)23-51-27)42-37(43(32)2)46-9-6-25(7-10-46)45-13-11-44(12-14-45)15-16-49-3/h5,8,18-21,25-27H,6-7,9-17,22-23H2,1-4H3/t26-,27-/m1/s1. The maximum atomic E-state index is 6.01. The van der Waals surface area contributed by atoms with Gasteiger partial charge in [-0.05, 0) is 38.3 Å². The van der Waals surface area contributed by atoms with Crippen molar-refractivity contribution in [3.8, 4) is 22.8 Å². The molecule has 9 rings (SSSR count). The predicted octanol–water partition coefficient (Wildman–Crippen LogP) is 3.29. The number of aryl methyl sites for hydroxylation is 2. The minimum absolute atomic E-state index is 0.232. The lowest BCUT2D eigenvalue weighted by Crippen LogP contribution is -2.53. The van der Waals surface area contributed by atoms with Crippen molar-refractivity contribution in [2.45, 2.75) is 44.4 Å². The number of pyridine rings is 3. The number of aromatic nitrogens is 7. The van der Waals surface area contributed by atoms with Crippen LogP contribution in [0.2, 0.25) is 0 Å². The van der Waals surface area contributed by atoms with E-state index in [0.29, 0.717) is 12.1 Å². The van der Waals surface area contributed by atoms with Crippen molar-refractivity contribution in [3.63, 3.8) is 0 Å². The van der Waals surface area contributed by atoms with Gasteiger partial charge in [0.25, 0.3) is 0 Å². The molecule has 2 atom stereocenters. The van der Waals surface area contributed by atoms with Gasteiger partial charge in [-0.1, -0.05) is 0 Å². The van der Waals surface area contributed by atoms with E-state index in [1.807, 2.05) is 23.9 Å². The van der Waals surface area contributed by atoms with E-state index in [0.717, 1.165) is 147 Å². The van der Waals surface area contributed by atoms with Gasteiger partial charge in [0.05, 0.1) is 61.0 Å². The summed E-state index contributed by atoms with van der Waals surface area (Å²) >= 11 is 0. The van der Waals surface area contributed by atoms with E-state index >= 15 is 0 Å². The zero-order chi connectivity index (χ0) is 34.6. The summed E-state index contributed by atoms with van der Waals surface area (Å²) in [6, 6.07) is 6.97. The molecule has 268 valence electrons. The van der Waals surface area contributed by atoms with Crippen LogP contribution in [0.3, 0.4) is 0 Å². The molecule has 0 aromatic carbocycles. The van der Waals surface area contributed by atoms with Crippen LogP contribution in [0.5, 0.6) is 5.75 Å². The second-order valence-corrected chi connectivity index (χ2v) is 14.4. The van der Waals surface area contributed by atoms with Gasteiger partial charge in [0.2, 0.25) is 5.95 Å². The highest BCUT2D eigenvalue weighted by molar-refractivity contribution is 5.92. The van der Waals surface area contributed by atoms with E-state index < -0.39 is 0 Å². The summed E-state index contributed by atoms with van der Waals surface area (Å²) in [5.74, 6) is 3.39. The number of hydrogen-bond acceptors (Lipinski definition) is 12. The van der Waals surface area contributed by atoms with E-state index in [1.165, 1.54) is 0 Å². The molecule has 0 unspecified atom stereocenters. The molecule has 5 aromatic heterocycles. The van der Waals surface area contributed by atoms with Gasteiger partial charge < -0.3 is 28.6 Å². The second-order valence-electron chi connectivity index (χ2n) is 14.4. The van der Waals surface area contributed by atoms with E-state index in [2.05, 4.69) is 48.3 Å². The molecule has 4 saturated heterocycles. The number of piperazine rings is 1. The van der Waals surface area contributed by atoms with Crippen LogP contribution in [-0.2, 0) is 16.5 Å². The molecule has 4 aliphatic rings. The van der Waals surface area contributed by atoms with Crippen molar-refractivity contribution in [2.24, 2.45) is 7.05 Å². The third-order valence-corrected chi connectivity index (χ3v) is 11.5. The number of piperidine rings is 1. The number of morpholine rings is 1. The summed E-state index contributed by atoms with van der Waals surface area (Å²) in [5, 5.41) is 5.87. The Bertz CT molecular complexity index is 2050. The average Bonchev–Trinajstić information content (AvgIpc) is 3.98. The quantitative estimate of drug-likeness (QED) is 0.226. The number of anilines is 2. The Balaban J connectivity index is 1.05. The molecule has 9 heterocycles. The smallest absolute Gasteiger partial charge is 0.206 e. The molecule has 0 saturated carbocycles. The molecule has 4 fully saturated rings. The first-order valence-electron chi connectivity index (χ1n) is 18.3. The van der Waals surface area contributed by atoms with E-state index in [-0.39, 0.29) is 6.10 Å². The first kappa shape index (κ1) is 32.5. The van der Waals surface area contributed by atoms with Gasteiger partial charge in [0.15, 0.2) is 11.6 Å². The van der Waals surface area contributed by atoms with Crippen LogP contribution in [0.4, 0.5) is 11.8 Å². The van der Waals surface area contributed by atoms with Gasteiger partial charge in [0.1, 0.15) is 11.3 Å². The van der Waals surface area contributed by atoms with Crippen molar-refractivity contribution in [1.82, 2.24) is 44.1 Å². The number of ether oxygens (including phenoxy) is 3. The lowest BCUT2D eigenvalue weighted by Gasteiger charge is -2.43. The van der Waals surface area contributed by atoms with Gasteiger partial charge in [-0.15, -0.1) is 0 Å². The number of hydrogen-bond donors (Lipinski definition) is 0. The molecule has 0 radical (unpaired) electrons. The Hall–Kier alpha value is -4.37. The summed E-state index contributed by atoms with van der Waals surface area (Å²) in [7, 11) is 5.60. The molecule has 14 heteroatoms. The van der Waals surface area contributed by atoms with Crippen LogP contribution in [0.15, 0.2) is 36.8 Å². The minimum atomic E-state index is 0.232. The fraction of sp³-hybridized carbons (Fsp3) is 0.541. The van der Waals surface area contributed by atoms with Gasteiger partial charge >= 0.3 is 0 Å². The zero-order valence-corrected chi connectivity index (χ0v) is 30.0. The van der Waals surface area contributed by atoms with Crippen LogP contribution in [0, 0.1) is 6.92 Å². The van der Waals surface area contributed by atoms with Crippen molar-refractivity contribution < 1.29 is 14.2 Å². The normalized spacial score (nSPS) is 21.9. The highest BCUT2D eigenvalue weighted by Crippen LogP contribution is 2.38. The third-order valence-electron chi connectivity index (χ3n) is 11.5. The summed E-state index contributed by atoms with van der Waals surface area (Å²) in [4.78, 5) is 30.1. The molecule has 0 N–H and O–H groups in total. The predicted molar refractivity (Wildman–Crippen MR) is 196 cm³/mol. The van der Waals surface area contributed by atoms with Crippen molar-refractivity contribution in [3.05, 3.63) is 42.5 Å². The molecule has 0 aliphatic carbocycles. The van der Waals surface area contributed by atoms with Gasteiger partial charge in [-0.25, -0.2) is 14.6 Å². The number of methoxy groups -OCH3 is 2. The molecular weight excluding hydrogens is 646 g/mol. The molecule has 4 aliphatic heterocycles. The largest absolute Gasteiger partial charge is 0.496 e. The summed E-state index contributed by atoms with van der Waals surface area (Å²) in [6.45, 7) is 11.9. The Kier molecular flexibility index (Phi) is 8.49. The molecule has 2 bridgehead atoms. The third kappa shape index (κ3) is 5.78. The van der Waals surface area contributed by atoms with E-state index in [9.17, 15) is 0 Å². The van der Waals surface area contributed by atoms with E-state index in [4.69, 9.17) is 34.3 Å². The maximum absolute atomic E-state index is 6.01. The number of nitrogens with zero attached hydrogens (tertiary/aromatic N) is 11. The molecule has 14 nitrogen and oxygen atoms in total. The fourth-order valence-corrected chi connectivity index (χ4v) is 8.65. The maximum Gasteiger partial charge on any atom is 0.206 e. The van der Waals surface area contributed by atoms with Crippen molar-refractivity contribution in [2.75, 3.05) is 89.6 Å². The minimum Gasteiger partial charge on any atom is -0.496 e. The highest BCUT2D eigenvalue weighted by atomic mass is 16.5. The van der Waals surface area contributed by atoms with Crippen LogP contribution in [0.1, 0.15) is 25.0 Å². The number of imidazole rings is 1. The summed E-state index contributed by atoms with van der Waals surface area (Å²) in [6.07, 6.45) is 8.94. The number of fused-ring (bicyclic) bond motifs is 4. The molecule has 0 spiro atoms. The Morgan fingerprint density at radius 3 is 2.53 bits per heavy atom. The number of rotatable bonds is 9. The highest BCUT2D eigenvalue weighted by Gasteiger charge is 2.41. The second kappa shape index (κ2) is 13.3. The Morgan fingerprint density at radius 1 is 0.941 bits per heavy atom. The van der Waals surface area contributed by atoms with Crippen LogP contribution < -0.4 is 14.5 Å². The van der Waals surface area contributed by atoms with Crippen molar-refractivity contribution >= 4 is 33.7 Å². The fourth-order valence-electron chi connectivity index (χ4n) is 8.65. The zero-order valence-electron chi connectivity index (χ0n) is 30.0. The van der Waals surface area contributed by atoms with Crippen LogP contribution in [0.25, 0.3) is 39.0 Å². The molecular formula is C37H47N11O3. The lowest BCUT2D eigenvalue weighted by atomic mass is 10.0. The Labute approximate surface area is 297 Å². The molecule has 51 heavy (non-hydrogen) atoms. The average molecular weight is 694 g/mol. The molecule has 0 amide bonds. The Morgan fingerprint density at radius 2 is 1.78 bits per heavy atom. The van der Waals surface area contributed by atoms with Gasteiger partial charge in [-0.3, -0.25) is 19.8 Å². The first-order valence-corrected chi connectivity index (χ1v) is 18.3. The van der Waals surface area contributed by atoms with Crippen LogP contribution >= 0.6 is 0 Å². The monoisotopic (exact) mass is 693 g/mol. The van der Waals surface area contributed by atoms with Gasteiger partial charge in [0, 0.05) is 102 Å². The topological polar surface area (TPSA) is 115 Å². The summed E-state index contributed by atoms with van der Waals surface area (Å²) < 4.78 is 21.2. The lowest BCUT2D eigenvalue weighted by molar-refractivity contribution is 0.0671. The first-order chi connectivity index (χ1) is 25.0. The summed E-state index contributed by atoms with van der Waals surface area (Å²) in [5.41, 5.74) is 5.41. The van der Waals surface area contributed by atoms with Crippen molar-refractivity contribution in [1.29, 1.82) is 0 Å². The van der Waals surface area contributed by atoms with Gasteiger partial charge in [-0.2, -0.15) is 5.10 Å². The van der Waals surface area contributed by atoms with Crippen LogP contribution in [-0.4, -0.2) is 142 Å². The molecule has 5 aromatic rings.